The van der Waals surface area contributed by atoms with Crippen molar-refractivity contribution >= 4 is 18.9 Å². The maximum Gasteiger partial charge on any atom is 0.225 e. The Kier molecular flexibility index (Phi) is 5.01. The van der Waals surface area contributed by atoms with Crippen LogP contribution in [0, 0.1) is 0 Å². The zero-order chi connectivity index (χ0) is 18.6. The summed E-state index contributed by atoms with van der Waals surface area (Å²) in [5, 5.41) is 1.11. The molecule has 4 aromatic rings. The van der Waals surface area contributed by atoms with Crippen molar-refractivity contribution in [1.29, 1.82) is 0 Å². The van der Waals surface area contributed by atoms with E-state index in [2.05, 4.69) is 24.3 Å². The molecule has 4 nitrogen and oxygen atoms in total. The van der Waals surface area contributed by atoms with Crippen molar-refractivity contribution in [2.45, 2.75) is 0 Å². The second kappa shape index (κ2) is 7.75. The zero-order valence-corrected chi connectivity index (χ0v) is 15.5. The highest BCUT2D eigenvalue weighted by Crippen LogP contribution is 2.32. The fourth-order valence-electron chi connectivity index (χ4n) is 3.05. The van der Waals surface area contributed by atoms with Crippen molar-refractivity contribution in [3.63, 3.8) is 0 Å². The second-order valence-electron chi connectivity index (χ2n) is 6.15. The van der Waals surface area contributed by atoms with Gasteiger partial charge in [-0.25, -0.2) is 4.98 Å². The Morgan fingerprint density at radius 1 is 0.852 bits per heavy atom. The third-order valence-corrected chi connectivity index (χ3v) is 4.70. The molecule has 1 unspecified atom stereocenters. The Morgan fingerprint density at radius 2 is 1.56 bits per heavy atom. The molecule has 4 rings (SSSR count). The van der Waals surface area contributed by atoms with Gasteiger partial charge in [-0.15, -0.1) is 0 Å². The topological polar surface area (TPSA) is 59.4 Å². The number of nitrogens with zero attached hydrogens (tertiary/aromatic N) is 1. The molecule has 0 radical (unpaired) electrons. The van der Waals surface area contributed by atoms with E-state index in [-0.39, 0.29) is 6.35 Å². The van der Waals surface area contributed by atoms with E-state index in [9.17, 15) is 4.57 Å². The summed E-state index contributed by atoms with van der Waals surface area (Å²) in [6, 6.07) is 27.9. The monoisotopic (exact) mass is 375 g/mol. The van der Waals surface area contributed by atoms with Crippen LogP contribution in [0.25, 0.3) is 33.3 Å². The maximum absolute atomic E-state index is 10.8. The molecule has 0 amide bonds. The Morgan fingerprint density at radius 3 is 2.30 bits per heavy atom. The van der Waals surface area contributed by atoms with Crippen LogP contribution >= 0.6 is 8.03 Å². The lowest BCUT2D eigenvalue weighted by Crippen LogP contribution is -1.93. The fourth-order valence-corrected chi connectivity index (χ4v) is 3.34. The van der Waals surface area contributed by atoms with Crippen LogP contribution in [-0.2, 0) is 4.57 Å². The molecular weight excluding hydrogens is 357 g/mol. The van der Waals surface area contributed by atoms with Crippen molar-refractivity contribution in [1.82, 2.24) is 4.98 Å². The quantitative estimate of drug-likeness (QED) is 0.476. The van der Waals surface area contributed by atoms with Gasteiger partial charge < -0.3 is 9.63 Å². The van der Waals surface area contributed by atoms with Gasteiger partial charge in [-0.2, -0.15) is 0 Å². The van der Waals surface area contributed by atoms with Crippen LogP contribution in [0.3, 0.4) is 0 Å². The van der Waals surface area contributed by atoms with Gasteiger partial charge in [0.25, 0.3) is 0 Å². The predicted molar refractivity (Wildman–Crippen MR) is 109 cm³/mol. The van der Waals surface area contributed by atoms with E-state index >= 15 is 0 Å². The first kappa shape index (κ1) is 17.5. The number of para-hydroxylation sites is 1. The van der Waals surface area contributed by atoms with E-state index < -0.39 is 8.03 Å². The molecule has 0 saturated carbocycles. The van der Waals surface area contributed by atoms with Gasteiger partial charge in [0, 0.05) is 10.9 Å². The van der Waals surface area contributed by atoms with E-state index in [1.165, 1.54) is 0 Å². The Balaban J connectivity index is 1.77. The number of hydrogen-bond donors (Lipinski definition) is 1. The minimum Gasteiger partial charge on any atom is -0.484 e. The van der Waals surface area contributed by atoms with Gasteiger partial charge in [0.1, 0.15) is 5.75 Å². The number of aromatic nitrogens is 1. The van der Waals surface area contributed by atoms with Crippen molar-refractivity contribution in [3.8, 4) is 28.1 Å². The van der Waals surface area contributed by atoms with Gasteiger partial charge in [0.15, 0.2) is 6.35 Å². The van der Waals surface area contributed by atoms with Crippen molar-refractivity contribution in [3.05, 3.63) is 84.9 Å². The standard InChI is InChI=1S/C22H18NO3P/c24-27(25)15-26-18-12-10-17(11-13-18)22-14-20(16-6-2-1-3-7-16)19-8-4-5-9-21(19)23-22/h1-14,27H,15H2,(H,24,25). The Hall–Kier alpha value is -2.94. The minimum atomic E-state index is -2.64. The van der Waals surface area contributed by atoms with Crippen LogP contribution < -0.4 is 4.74 Å². The van der Waals surface area contributed by atoms with Crippen LogP contribution in [0.2, 0.25) is 0 Å². The van der Waals surface area contributed by atoms with E-state index in [1.54, 1.807) is 12.1 Å². The van der Waals surface area contributed by atoms with Gasteiger partial charge in [-0.1, -0.05) is 48.5 Å². The lowest BCUT2D eigenvalue weighted by Gasteiger charge is -2.11. The second-order valence-corrected chi connectivity index (χ2v) is 7.22. The Labute approximate surface area is 158 Å². The molecule has 0 aliphatic heterocycles. The summed E-state index contributed by atoms with van der Waals surface area (Å²) in [4.78, 5) is 13.7. The van der Waals surface area contributed by atoms with E-state index in [0.29, 0.717) is 5.75 Å². The lowest BCUT2D eigenvalue weighted by atomic mass is 9.98. The summed E-state index contributed by atoms with van der Waals surface area (Å²) >= 11 is 0. The number of rotatable bonds is 5. The predicted octanol–water partition coefficient (Wildman–Crippen LogP) is 5.37. The number of pyridine rings is 1. The van der Waals surface area contributed by atoms with Gasteiger partial charge in [-0.05, 0) is 47.5 Å². The van der Waals surface area contributed by atoms with Gasteiger partial charge in [0.2, 0.25) is 8.03 Å². The first-order valence-electron chi connectivity index (χ1n) is 8.61. The fraction of sp³-hybridized carbons (Fsp3) is 0.0455. The molecule has 134 valence electrons. The molecule has 0 saturated heterocycles. The van der Waals surface area contributed by atoms with Crippen LogP contribution in [0.5, 0.6) is 5.75 Å². The molecule has 27 heavy (non-hydrogen) atoms. The van der Waals surface area contributed by atoms with Crippen LogP contribution in [-0.4, -0.2) is 16.2 Å². The molecule has 3 aromatic carbocycles. The minimum absolute atomic E-state index is 0.170. The van der Waals surface area contributed by atoms with E-state index in [4.69, 9.17) is 14.6 Å². The molecule has 5 heteroatoms. The smallest absolute Gasteiger partial charge is 0.225 e. The molecule has 0 fully saturated rings. The number of ether oxygens (including phenoxy) is 1. The zero-order valence-electron chi connectivity index (χ0n) is 14.5. The van der Waals surface area contributed by atoms with Gasteiger partial charge in [-0.3, -0.25) is 4.57 Å². The molecular formula is C22H18NO3P. The molecule has 1 aromatic heterocycles. The largest absolute Gasteiger partial charge is 0.484 e. The normalized spacial score (nSPS) is 12.0. The molecule has 0 spiro atoms. The number of fused-ring (bicyclic) bond motifs is 1. The highest BCUT2D eigenvalue weighted by atomic mass is 31.1. The first-order valence-corrected chi connectivity index (χ1v) is 10.2. The summed E-state index contributed by atoms with van der Waals surface area (Å²) in [5.74, 6) is 0.565. The molecule has 0 bridgehead atoms. The summed E-state index contributed by atoms with van der Waals surface area (Å²) in [5.41, 5.74) is 5.05. The molecule has 0 aliphatic carbocycles. The van der Waals surface area contributed by atoms with Gasteiger partial charge in [0.05, 0.1) is 11.2 Å². The highest BCUT2D eigenvalue weighted by molar-refractivity contribution is 7.37. The molecule has 1 heterocycles. The lowest BCUT2D eigenvalue weighted by molar-refractivity contribution is 0.360. The van der Waals surface area contributed by atoms with Crippen molar-refractivity contribution < 1.29 is 14.2 Å². The van der Waals surface area contributed by atoms with E-state index in [1.807, 2.05) is 48.5 Å². The third-order valence-electron chi connectivity index (χ3n) is 4.31. The average molecular weight is 375 g/mol. The van der Waals surface area contributed by atoms with E-state index in [0.717, 1.165) is 33.3 Å². The van der Waals surface area contributed by atoms with Crippen LogP contribution in [0.15, 0.2) is 84.9 Å². The van der Waals surface area contributed by atoms with Crippen molar-refractivity contribution in [2.75, 3.05) is 6.35 Å². The molecule has 1 N–H and O–H groups in total. The molecule has 1 atom stereocenters. The Bertz CT molecular complexity index is 1100. The van der Waals surface area contributed by atoms with Crippen LogP contribution in [0.4, 0.5) is 0 Å². The first-order chi connectivity index (χ1) is 13.2. The summed E-state index contributed by atoms with van der Waals surface area (Å²) in [6.07, 6.45) is -0.170. The number of hydrogen-bond acceptors (Lipinski definition) is 3. The summed E-state index contributed by atoms with van der Waals surface area (Å²) in [6.45, 7) is 0. The summed E-state index contributed by atoms with van der Waals surface area (Å²) < 4.78 is 16.1. The maximum atomic E-state index is 10.8. The van der Waals surface area contributed by atoms with Gasteiger partial charge >= 0.3 is 0 Å². The van der Waals surface area contributed by atoms with Crippen molar-refractivity contribution in [2.24, 2.45) is 0 Å². The summed E-state index contributed by atoms with van der Waals surface area (Å²) in [7, 11) is -2.64. The average Bonchev–Trinajstić information content (AvgIpc) is 2.72. The number of benzene rings is 3. The highest BCUT2D eigenvalue weighted by Gasteiger charge is 2.09. The molecule has 0 aliphatic rings. The SMILES string of the molecule is O=[PH](O)COc1ccc(-c2cc(-c3ccccc3)c3ccccc3n2)cc1. The third kappa shape index (κ3) is 3.92. The van der Waals surface area contributed by atoms with Crippen LogP contribution in [0.1, 0.15) is 0 Å².